The molecule has 138 valence electrons. The van der Waals surface area contributed by atoms with E-state index < -0.39 is 15.4 Å². The maximum absolute atomic E-state index is 11.7. The molecule has 0 aliphatic rings. The van der Waals surface area contributed by atoms with Gasteiger partial charge in [0.15, 0.2) is 0 Å². The Morgan fingerprint density at radius 2 is 1.35 bits per heavy atom. The molecule has 0 amide bonds. The molecule has 0 bridgehead atoms. The van der Waals surface area contributed by atoms with Gasteiger partial charge >= 0.3 is 0 Å². The minimum absolute atomic E-state index is 0.131. The highest BCUT2D eigenvalue weighted by atomic mass is 32.2. The largest absolute Gasteiger partial charge is 0.329 e. The average molecular weight is 350 g/mol. The van der Waals surface area contributed by atoms with E-state index in [0.29, 0.717) is 6.42 Å². The number of nitrogens with two attached hydrogens (primary N) is 1. The van der Waals surface area contributed by atoms with Crippen LogP contribution in [-0.4, -0.2) is 30.5 Å². The summed E-state index contributed by atoms with van der Waals surface area (Å²) in [6, 6.07) is 0. The lowest BCUT2D eigenvalue weighted by Gasteiger charge is -2.10. The Morgan fingerprint density at radius 3 is 1.74 bits per heavy atom. The molecular weight excluding hydrogens is 314 g/mol. The molecule has 0 rings (SSSR count). The third-order valence-corrected chi connectivity index (χ3v) is 5.40. The summed E-state index contributed by atoms with van der Waals surface area (Å²) in [5.74, 6) is -0.131. The van der Waals surface area contributed by atoms with E-state index in [2.05, 4.69) is 6.92 Å². The number of ketones is 1. The second-order valence-electron chi connectivity index (χ2n) is 6.40. The second-order valence-corrected chi connectivity index (χ2v) is 8.10. The molecule has 0 aromatic carbocycles. The van der Waals surface area contributed by atoms with Gasteiger partial charge in [0.1, 0.15) is 11.0 Å². The van der Waals surface area contributed by atoms with Gasteiger partial charge in [-0.3, -0.25) is 9.35 Å². The summed E-state index contributed by atoms with van der Waals surface area (Å²) < 4.78 is 30.9. The number of carbonyl (C=O) groups excluding carboxylic acids is 1. The van der Waals surface area contributed by atoms with E-state index >= 15 is 0 Å². The summed E-state index contributed by atoms with van der Waals surface area (Å²) in [7, 11) is -4.21. The topological polar surface area (TPSA) is 97.5 Å². The van der Waals surface area contributed by atoms with Crippen LogP contribution in [0.5, 0.6) is 0 Å². The molecule has 0 aromatic heterocycles. The monoisotopic (exact) mass is 349 g/mol. The van der Waals surface area contributed by atoms with Crippen LogP contribution in [0.1, 0.15) is 90.4 Å². The van der Waals surface area contributed by atoms with Crippen molar-refractivity contribution in [3.05, 3.63) is 0 Å². The fraction of sp³-hybridized carbons (Fsp3) is 0.941. The van der Waals surface area contributed by atoms with Crippen molar-refractivity contribution in [1.29, 1.82) is 0 Å². The number of unbranched alkanes of at least 4 members (excludes halogenated alkanes) is 10. The van der Waals surface area contributed by atoms with E-state index in [0.717, 1.165) is 19.3 Å². The van der Waals surface area contributed by atoms with Gasteiger partial charge in [-0.1, -0.05) is 71.1 Å². The molecule has 0 saturated carbocycles. The summed E-state index contributed by atoms with van der Waals surface area (Å²) in [6.07, 6.45) is 13.5. The molecule has 0 radical (unpaired) electrons. The van der Waals surface area contributed by atoms with Crippen molar-refractivity contribution < 1.29 is 17.8 Å². The van der Waals surface area contributed by atoms with Gasteiger partial charge in [-0.15, -0.1) is 0 Å². The van der Waals surface area contributed by atoms with E-state index in [1.807, 2.05) is 0 Å². The van der Waals surface area contributed by atoms with Crippen LogP contribution >= 0.6 is 0 Å². The smallest absolute Gasteiger partial charge is 0.269 e. The molecule has 3 N–H and O–H groups in total. The summed E-state index contributed by atoms with van der Waals surface area (Å²) in [5.41, 5.74) is 5.28. The fourth-order valence-electron chi connectivity index (χ4n) is 2.65. The van der Waals surface area contributed by atoms with Gasteiger partial charge in [0.2, 0.25) is 0 Å². The van der Waals surface area contributed by atoms with E-state index in [4.69, 9.17) is 10.3 Å². The first-order valence-corrected chi connectivity index (χ1v) is 10.6. The quantitative estimate of drug-likeness (QED) is 0.326. The predicted octanol–water partition coefficient (Wildman–Crippen LogP) is 3.86. The van der Waals surface area contributed by atoms with Gasteiger partial charge in [0.05, 0.1) is 0 Å². The van der Waals surface area contributed by atoms with Crippen molar-refractivity contribution in [2.45, 2.75) is 95.6 Å². The van der Waals surface area contributed by atoms with E-state index in [-0.39, 0.29) is 18.7 Å². The van der Waals surface area contributed by atoms with Crippen molar-refractivity contribution >= 4 is 15.9 Å². The van der Waals surface area contributed by atoms with E-state index in [1.54, 1.807) is 0 Å². The van der Waals surface area contributed by atoms with Gasteiger partial charge in [0.25, 0.3) is 10.1 Å². The molecule has 5 nitrogen and oxygen atoms in total. The standard InChI is InChI=1S/C17H35NO4S/c1-2-3-4-5-6-7-8-9-10-11-12-13-16(19)14-17(15-18)23(20,21)22/h17H,2-15,18H2,1H3,(H,20,21,22). The van der Waals surface area contributed by atoms with E-state index in [1.165, 1.54) is 51.4 Å². The Labute approximate surface area is 142 Å². The molecule has 0 saturated heterocycles. The van der Waals surface area contributed by atoms with Crippen LogP contribution < -0.4 is 5.73 Å². The minimum atomic E-state index is -4.21. The number of hydrogen-bond donors (Lipinski definition) is 2. The third-order valence-electron chi connectivity index (χ3n) is 4.20. The summed E-state index contributed by atoms with van der Waals surface area (Å²) in [6.45, 7) is 2.01. The van der Waals surface area contributed by atoms with Crippen molar-refractivity contribution in [2.24, 2.45) is 5.73 Å². The highest BCUT2D eigenvalue weighted by Crippen LogP contribution is 2.13. The maximum atomic E-state index is 11.7. The zero-order valence-corrected chi connectivity index (χ0v) is 15.5. The molecule has 0 spiro atoms. The molecule has 0 heterocycles. The molecular formula is C17H35NO4S. The van der Waals surface area contributed by atoms with Gasteiger partial charge in [-0.2, -0.15) is 8.42 Å². The second kappa shape index (κ2) is 13.9. The summed E-state index contributed by atoms with van der Waals surface area (Å²) in [4.78, 5) is 11.7. The third kappa shape index (κ3) is 13.7. The predicted molar refractivity (Wildman–Crippen MR) is 95.1 cm³/mol. The highest BCUT2D eigenvalue weighted by Gasteiger charge is 2.23. The van der Waals surface area contributed by atoms with E-state index in [9.17, 15) is 13.2 Å². The first-order valence-electron chi connectivity index (χ1n) is 9.09. The number of Topliss-reactive ketones (excluding diaryl/α,β-unsaturated/α-hetero) is 1. The fourth-order valence-corrected chi connectivity index (χ4v) is 3.29. The van der Waals surface area contributed by atoms with Crippen molar-refractivity contribution in [3.63, 3.8) is 0 Å². The Kier molecular flexibility index (Phi) is 13.7. The lowest BCUT2D eigenvalue weighted by Crippen LogP contribution is -2.31. The molecule has 6 heteroatoms. The number of carbonyl (C=O) groups is 1. The molecule has 0 aliphatic carbocycles. The number of hydrogen-bond acceptors (Lipinski definition) is 4. The van der Waals surface area contributed by atoms with Crippen molar-refractivity contribution in [3.8, 4) is 0 Å². The maximum Gasteiger partial charge on any atom is 0.269 e. The first kappa shape index (κ1) is 22.5. The zero-order chi connectivity index (χ0) is 17.6. The van der Waals surface area contributed by atoms with Gasteiger partial charge in [-0.25, -0.2) is 0 Å². The molecule has 1 unspecified atom stereocenters. The van der Waals surface area contributed by atoms with Crippen LogP contribution in [0.15, 0.2) is 0 Å². The SMILES string of the molecule is CCCCCCCCCCCCCC(=O)CC(CN)S(=O)(=O)O. The lowest BCUT2D eigenvalue weighted by atomic mass is 10.0. The lowest BCUT2D eigenvalue weighted by molar-refractivity contribution is -0.119. The zero-order valence-electron chi connectivity index (χ0n) is 14.6. The first-order chi connectivity index (χ1) is 10.9. The Bertz CT molecular complexity index is 395. The van der Waals surface area contributed by atoms with Crippen LogP contribution in [0, 0.1) is 0 Å². The minimum Gasteiger partial charge on any atom is -0.329 e. The molecule has 1 atom stereocenters. The van der Waals surface area contributed by atoms with Crippen LogP contribution in [0.2, 0.25) is 0 Å². The number of rotatable bonds is 16. The van der Waals surface area contributed by atoms with Crippen LogP contribution in [-0.2, 0) is 14.9 Å². The molecule has 0 aliphatic heterocycles. The molecule has 0 aromatic rings. The van der Waals surface area contributed by atoms with Crippen molar-refractivity contribution in [1.82, 2.24) is 0 Å². The Balaban J connectivity index is 3.49. The summed E-state index contributed by atoms with van der Waals surface area (Å²) >= 11 is 0. The van der Waals surface area contributed by atoms with Gasteiger partial charge in [-0.05, 0) is 6.42 Å². The molecule has 0 fully saturated rings. The van der Waals surface area contributed by atoms with Crippen LogP contribution in [0.3, 0.4) is 0 Å². The van der Waals surface area contributed by atoms with Crippen LogP contribution in [0.25, 0.3) is 0 Å². The van der Waals surface area contributed by atoms with Gasteiger partial charge in [0, 0.05) is 19.4 Å². The highest BCUT2D eigenvalue weighted by molar-refractivity contribution is 7.86. The Morgan fingerprint density at radius 1 is 0.913 bits per heavy atom. The summed E-state index contributed by atoms with van der Waals surface area (Å²) in [5, 5.41) is -1.15. The van der Waals surface area contributed by atoms with Crippen LogP contribution in [0.4, 0.5) is 0 Å². The van der Waals surface area contributed by atoms with Gasteiger partial charge < -0.3 is 5.73 Å². The Hall–Kier alpha value is -0.460. The normalized spacial score (nSPS) is 13.2. The van der Waals surface area contributed by atoms with Crippen molar-refractivity contribution in [2.75, 3.05) is 6.54 Å². The molecule has 23 heavy (non-hydrogen) atoms. The average Bonchev–Trinajstić information content (AvgIpc) is 2.49.